The van der Waals surface area contributed by atoms with Crippen molar-refractivity contribution >= 4 is 33.4 Å². The lowest BCUT2D eigenvalue weighted by Gasteiger charge is -2.04. The summed E-state index contributed by atoms with van der Waals surface area (Å²) in [5, 5.41) is 4.92. The van der Waals surface area contributed by atoms with Gasteiger partial charge in [-0.2, -0.15) is 5.10 Å². The molecule has 0 saturated heterocycles. The summed E-state index contributed by atoms with van der Waals surface area (Å²) in [5.74, 6) is 0.841. The van der Waals surface area contributed by atoms with Crippen LogP contribution in [-0.2, 0) is 12.8 Å². The molecule has 0 aliphatic rings. The molecule has 2 N–H and O–H groups in total. The smallest absolute Gasteiger partial charge is 0.186 e. The van der Waals surface area contributed by atoms with Gasteiger partial charge in [-0.3, -0.25) is 0 Å². The molecular weight excluding hydrogens is 288 g/mol. The Morgan fingerprint density at radius 2 is 2.31 bits per heavy atom. The number of benzene rings is 1. The molecule has 1 heterocycles. The maximum absolute atomic E-state index is 5.68. The summed E-state index contributed by atoms with van der Waals surface area (Å²) in [6, 6.07) is 5.83. The van der Waals surface area contributed by atoms with Crippen LogP contribution in [0.4, 0.5) is 5.69 Å². The predicted octanol–water partition coefficient (Wildman–Crippen LogP) is 2.45. The number of nitrogens with zero attached hydrogens (tertiary/aromatic N) is 3. The van der Waals surface area contributed by atoms with Gasteiger partial charge >= 0.3 is 0 Å². The zero-order valence-corrected chi connectivity index (χ0v) is 11.1. The van der Waals surface area contributed by atoms with E-state index in [1.807, 2.05) is 25.2 Å². The highest BCUT2D eigenvalue weighted by Crippen LogP contribution is 2.26. The molecule has 0 radical (unpaired) electrons. The van der Waals surface area contributed by atoms with Crippen molar-refractivity contribution in [1.82, 2.24) is 14.8 Å². The maximum Gasteiger partial charge on any atom is 0.186 e. The number of hydrogen-bond donors (Lipinski definition) is 1. The number of halogens is 1. The molecule has 6 heteroatoms. The Hall–Kier alpha value is -1.01. The highest BCUT2D eigenvalue weighted by atomic mass is 79.9. The van der Waals surface area contributed by atoms with E-state index in [1.165, 1.54) is 5.56 Å². The van der Waals surface area contributed by atoms with Crippen LogP contribution in [-0.4, -0.2) is 14.8 Å². The first-order valence-electron chi connectivity index (χ1n) is 4.67. The van der Waals surface area contributed by atoms with Gasteiger partial charge in [-0.25, -0.2) is 9.67 Å². The zero-order chi connectivity index (χ0) is 11.5. The van der Waals surface area contributed by atoms with E-state index in [4.69, 9.17) is 5.73 Å². The summed E-state index contributed by atoms with van der Waals surface area (Å²) in [6.07, 6.45) is 1.56. The van der Waals surface area contributed by atoms with Gasteiger partial charge in [-0.05, 0) is 17.7 Å². The minimum atomic E-state index is 0.763. The van der Waals surface area contributed by atoms with E-state index < -0.39 is 0 Å². The van der Waals surface area contributed by atoms with Crippen molar-refractivity contribution in [2.75, 3.05) is 5.73 Å². The third-order valence-electron chi connectivity index (χ3n) is 2.10. The summed E-state index contributed by atoms with van der Waals surface area (Å²) < 4.78 is 2.79. The van der Waals surface area contributed by atoms with Crippen molar-refractivity contribution in [3.63, 3.8) is 0 Å². The van der Waals surface area contributed by atoms with Gasteiger partial charge in [-0.1, -0.05) is 33.8 Å². The second-order valence-electron chi connectivity index (χ2n) is 3.31. The standard InChI is InChI=1S/C10H11BrN4S/c1-15-10(13-6-14-15)16-5-7-2-3-8(12)4-9(7)11/h2-4,6H,5,12H2,1H3. The van der Waals surface area contributed by atoms with Crippen molar-refractivity contribution in [2.45, 2.75) is 10.9 Å². The normalized spacial score (nSPS) is 10.6. The molecule has 0 atom stereocenters. The molecule has 0 aliphatic carbocycles. The van der Waals surface area contributed by atoms with Gasteiger partial charge < -0.3 is 5.73 Å². The third-order valence-corrected chi connectivity index (χ3v) is 3.93. The second kappa shape index (κ2) is 4.88. The largest absolute Gasteiger partial charge is 0.399 e. The number of nitrogen functional groups attached to an aromatic ring is 1. The Balaban J connectivity index is 2.08. The first-order chi connectivity index (χ1) is 7.66. The molecule has 0 aliphatic heterocycles. The van der Waals surface area contributed by atoms with Gasteiger partial charge in [0.15, 0.2) is 5.16 Å². The van der Waals surface area contributed by atoms with Crippen molar-refractivity contribution in [3.05, 3.63) is 34.6 Å². The average molecular weight is 299 g/mol. The SMILES string of the molecule is Cn1ncnc1SCc1ccc(N)cc1Br. The molecule has 16 heavy (non-hydrogen) atoms. The molecule has 1 aromatic carbocycles. The number of nitrogens with two attached hydrogens (primary N) is 1. The van der Waals surface area contributed by atoms with Gasteiger partial charge in [0.1, 0.15) is 6.33 Å². The van der Waals surface area contributed by atoms with E-state index in [0.717, 1.165) is 21.1 Å². The summed E-state index contributed by atoms with van der Waals surface area (Å²) in [4.78, 5) is 4.15. The Kier molecular flexibility index (Phi) is 3.50. The predicted molar refractivity (Wildman–Crippen MR) is 69.1 cm³/mol. The summed E-state index contributed by atoms with van der Waals surface area (Å²) >= 11 is 5.14. The van der Waals surface area contributed by atoms with Crippen LogP contribution < -0.4 is 5.73 Å². The number of thioether (sulfide) groups is 1. The van der Waals surface area contributed by atoms with Crippen LogP contribution in [0.1, 0.15) is 5.56 Å². The molecule has 0 bridgehead atoms. The van der Waals surface area contributed by atoms with Gasteiger partial charge in [0.2, 0.25) is 0 Å². The zero-order valence-electron chi connectivity index (χ0n) is 8.72. The van der Waals surface area contributed by atoms with Gasteiger partial charge in [-0.15, -0.1) is 0 Å². The van der Waals surface area contributed by atoms with Crippen LogP contribution in [0.15, 0.2) is 34.2 Å². The van der Waals surface area contributed by atoms with Crippen LogP contribution in [0.5, 0.6) is 0 Å². The molecule has 0 unspecified atom stereocenters. The number of hydrogen-bond acceptors (Lipinski definition) is 4. The van der Waals surface area contributed by atoms with E-state index in [9.17, 15) is 0 Å². The minimum Gasteiger partial charge on any atom is -0.399 e. The van der Waals surface area contributed by atoms with Crippen molar-refractivity contribution in [2.24, 2.45) is 7.05 Å². The molecular formula is C10H11BrN4S. The fourth-order valence-electron chi connectivity index (χ4n) is 1.24. The van der Waals surface area contributed by atoms with E-state index in [1.54, 1.807) is 22.8 Å². The number of anilines is 1. The second-order valence-corrected chi connectivity index (χ2v) is 5.10. The van der Waals surface area contributed by atoms with Crippen LogP contribution in [0, 0.1) is 0 Å². The fourth-order valence-corrected chi connectivity index (χ4v) is 2.85. The number of rotatable bonds is 3. The lowest BCUT2D eigenvalue weighted by molar-refractivity contribution is 0.685. The summed E-state index contributed by atoms with van der Waals surface area (Å²) in [7, 11) is 1.88. The van der Waals surface area contributed by atoms with E-state index in [0.29, 0.717) is 0 Å². The molecule has 4 nitrogen and oxygen atoms in total. The minimum absolute atomic E-state index is 0.763. The first kappa shape index (κ1) is 11.5. The van der Waals surface area contributed by atoms with Crippen molar-refractivity contribution < 1.29 is 0 Å². The molecule has 2 aromatic rings. The Bertz CT molecular complexity index is 497. The van der Waals surface area contributed by atoms with Crippen LogP contribution >= 0.6 is 27.7 Å². The lowest BCUT2D eigenvalue weighted by atomic mass is 10.2. The molecule has 0 amide bonds. The highest BCUT2D eigenvalue weighted by Gasteiger charge is 2.04. The fraction of sp³-hybridized carbons (Fsp3) is 0.200. The number of aryl methyl sites for hydroxylation is 1. The van der Waals surface area contributed by atoms with Gasteiger partial charge in [0.05, 0.1) is 0 Å². The van der Waals surface area contributed by atoms with Crippen molar-refractivity contribution in [1.29, 1.82) is 0 Å². The van der Waals surface area contributed by atoms with Crippen molar-refractivity contribution in [3.8, 4) is 0 Å². The van der Waals surface area contributed by atoms with Crippen LogP contribution in [0.3, 0.4) is 0 Å². The first-order valence-corrected chi connectivity index (χ1v) is 6.45. The molecule has 1 aromatic heterocycles. The lowest BCUT2D eigenvalue weighted by Crippen LogP contribution is -1.94. The Morgan fingerprint density at radius 3 is 2.94 bits per heavy atom. The topological polar surface area (TPSA) is 56.7 Å². The van der Waals surface area contributed by atoms with Gasteiger partial charge in [0.25, 0.3) is 0 Å². The summed E-state index contributed by atoms with van der Waals surface area (Å²) in [5.41, 5.74) is 7.64. The van der Waals surface area contributed by atoms with E-state index >= 15 is 0 Å². The molecule has 0 fully saturated rings. The molecule has 2 rings (SSSR count). The van der Waals surface area contributed by atoms with Crippen LogP contribution in [0.2, 0.25) is 0 Å². The highest BCUT2D eigenvalue weighted by molar-refractivity contribution is 9.10. The quantitative estimate of drug-likeness (QED) is 0.698. The Morgan fingerprint density at radius 1 is 1.50 bits per heavy atom. The number of aromatic nitrogens is 3. The monoisotopic (exact) mass is 298 g/mol. The van der Waals surface area contributed by atoms with Gasteiger partial charge in [0, 0.05) is 23.0 Å². The third kappa shape index (κ3) is 2.56. The average Bonchev–Trinajstić information content (AvgIpc) is 2.63. The van der Waals surface area contributed by atoms with E-state index in [-0.39, 0.29) is 0 Å². The van der Waals surface area contributed by atoms with E-state index in [2.05, 4.69) is 26.0 Å². The molecule has 0 spiro atoms. The van der Waals surface area contributed by atoms with Crippen LogP contribution in [0.25, 0.3) is 0 Å². The molecule has 84 valence electrons. The maximum atomic E-state index is 5.68. The molecule has 0 saturated carbocycles. The summed E-state index contributed by atoms with van der Waals surface area (Å²) in [6.45, 7) is 0. The Labute approximate surface area is 106 Å².